The summed E-state index contributed by atoms with van der Waals surface area (Å²) in [6.07, 6.45) is 49.4. The van der Waals surface area contributed by atoms with Gasteiger partial charge in [0.1, 0.15) is 13.2 Å². The minimum Gasteiger partial charge on any atom is -0.462 e. The van der Waals surface area contributed by atoms with E-state index < -0.39 is 6.10 Å². The smallest absolute Gasteiger partial charge is 0.306 e. The number of esters is 3. The minimum atomic E-state index is -0.763. The molecule has 63 heavy (non-hydrogen) atoms. The molecule has 0 aliphatic rings. The molecule has 0 saturated heterocycles. The van der Waals surface area contributed by atoms with Gasteiger partial charge in [-0.15, -0.1) is 0 Å². The second kappa shape index (κ2) is 48.3. The molecule has 0 fully saturated rings. The predicted molar refractivity (Wildman–Crippen MR) is 270 cm³/mol. The van der Waals surface area contributed by atoms with Crippen LogP contribution < -0.4 is 0 Å². The molecule has 0 N–H and O–H groups in total. The maximum absolute atomic E-state index is 12.8. The van der Waals surface area contributed by atoms with Gasteiger partial charge in [-0.2, -0.15) is 0 Å². The van der Waals surface area contributed by atoms with E-state index in [1.807, 2.05) is 0 Å². The van der Waals surface area contributed by atoms with E-state index in [0.717, 1.165) is 75.5 Å². The second-order valence-electron chi connectivity index (χ2n) is 20.8. The van der Waals surface area contributed by atoms with E-state index in [9.17, 15) is 14.4 Å². The Labute approximate surface area is 393 Å². The lowest BCUT2D eigenvalue weighted by Crippen LogP contribution is -2.30. The Kier molecular flexibility index (Phi) is 47.1. The Morgan fingerprint density at radius 2 is 0.556 bits per heavy atom. The van der Waals surface area contributed by atoms with Crippen LogP contribution in [0.25, 0.3) is 0 Å². The summed E-state index contributed by atoms with van der Waals surface area (Å²) in [5.41, 5.74) is 0. The highest BCUT2D eigenvalue weighted by Crippen LogP contribution is 2.18. The van der Waals surface area contributed by atoms with Crippen molar-refractivity contribution in [1.29, 1.82) is 0 Å². The molecule has 1 unspecified atom stereocenters. The molecule has 0 rings (SSSR count). The first-order chi connectivity index (χ1) is 30.6. The van der Waals surface area contributed by atoms with Gasteiger partial charge >= 0.3 is 17.9 Å². The highest BCUT2D eigenvalue weighted by molar-refractivity contribution is 5.71. The Morgan fingerprint density at radius 1 is 0.317 bits per heavy atom. The Morgan fingerprint density at radius 3 is 0.825 bits per heavy atom. The van der Waals surface area contributed by atoms with E-state index >= 15 is 0 Å². The second-order valence-corrected chi connectivity index (χ2v) is 20.8. The summed E-state index contributed by atoms with van der Waals surface area (Å²) < 4.78 is 16.9. The van der Waals surface area contributed by atoms with Crippen molar-refractivity contribution in [2.45, 2.75) is 317 Å². The number of hydrogen-bond donors (Lipinski definition) is 0. The fourth-order valence-electron chi connectivity index (χ4n) is 8.61. The topological polar surface area (TPSA) is 78.9 Å². The molecular formula is C57H110O6. The molecule has 374 valence electrons. The normalized spacial score (nSPS) is 12.6. The van der Waals surface area contributed by atoms with Crippen molar-refractivity contribution < 1.29 is 28.6 Å². The van der Waals surface area contributed by atoms with Gasteiger partial charge in [-0.05, 0) is 37.0 Å². The molecular weight excluding hydrogens is 781 g/mol. The highest BCUT2D eigenvalue weighted by atomic mass is 16.6. The largest absolute Gasteiger partial charge is 0.462 e. The quantitative estimate of drug-likeness (QED) is 0.0344. The molecule has 0 bridgehead atoms. The molecule has 0 heterocycles. The van der Waals surface area contributed by atoms with Gasteiger partial charge in [0.15, 0.2) is 6.10 Å². The monoisotopic (exact) mass is 891 g/mol. The summed E-state index contributed by atoms with van der Waals surface area (Å²) in [4.78, 5) is 38.1. The van der Waals surface area contributed by atoms with Gasteiger partial charge in [0, 0.05) is 19.3 Å². The Hall–Kier alpha value is -1.59. The SMILES string of the molecule is CCC(C)CCCCCCCCCCCCC(=O)O[C@H](COC(=O)CCCCCCCCCCCCCCCCC(C)C)COC(=O)CCCCCCCCCCCCCC(C)C. The number of ether oxygens (including phenoxy) is 3. The number of carbonyl (C=O) groups is 3. The number of unbranched alkanes of at least 4 members (excludes halogenated alkanes) is 32. The van der Waals surface area contributed by atoms with Crippen molar-refractivity contribution >= 4 is 17.9 Å². The molecule has 0 aromatic heterocycles. The summed E-state index contributed by atoms with van der Waals surface area (Å²) in [5, 5.41) is 0. The van der Waals surface area contributed by atoms with Crippen molar-refractivity contribution in [2.24, 2.45) is 17.8 Å². The first kappa shape index (κ1) is 61.4. The van der Waals surface area contributed by atoms with Crippen molar-refractivity contribution in [3.05, 3.63) is 0 Å². The number of carbonyl (C=O) groups excluding carboxylic acids is 3. The van der Waals surface area contributed by atoms with Crippen molar-refractivity contribution in [1.82, 2.24) is 0 Å². The van der Waals surface area contributed by atoms with Crippen LogP contribution in [0.5, 0.6) is 0 Å². The summed E-state index contributed by atoms with van der Waals surface area (Å²) in [7, 11) is 0. The molecule has 6 heteroatoms. The third-order valence-corrected chi connectivity index (χ3v) is 13.3. The number of hydrogen-bond acceptors (Lipinski definition) is 6. The molecule has 0 aliphatic heterocycles. The van der Waals surface area contributed by atoms with E-state index in [2.05, 4.69) is 41.5 Å². The molecule has 0 amide bonds. The van der Waals surface area contributed by atoms with E-state index in [4.69, 9.17) is 14.2 Å². The van der Waals surface area contributed by atoms with Gasteiger partial charge in [-0.25, -0.2) is 0 Å². The summed E-state index contributed by atoms with van der Waals surface area (Å²) in [6, 6.07) is 0. The first-order valence-electron chi connectivity index (χ1n) is 28.1. The Balaban J connectivity index is 4.31. The van der Waals surface area contributed by atoms with Gasteiger partial charge in [-0.1, -0.05) is 273 Å². The van der Waals surface area contributed by atoms with Crippen LogP contribution in [0.1, 0.15) is 311 Å². The summed E-state index contributed by atoms with van der Waals surface area (Å²) >= 11 is 0. The van der Waals surface area contributed by atoms with Gasteiger partial charge in [0.25, 0.3) is 0 Å². The van der Waals surface area contributed by atoms with Crippen molar-refractivity contribution in [3.63, 3.8) is 0 Å². The minimum absolute atomic E-state index is 0.0639. The zero-order valence-electron chi connectivity index (χ0n) is 43.4. The zero-order chi connectivity index (χ0) is 46.3. The van der Waals surface area contributed by atoms with E-state index in [1.165, 1.54) is 193 Å². The van der Waals surface area contributed by atoms with Crippen LogP contribution in [-0.4, -0.2) is 37.2 Å². The third-order valence-electron chi connectivity index (χ3n) is 13.3. The van der Waals surface area contributed by atoms with Crippen LogP contribution >= 0.6 is 0 Å². The van der Waals surface area contributed by atoms with Gasteiger partial charge in [0.2, 0.25) is 0 Å². The third kappa shape index (κ3) is 49.7. The van der Waals surface area contributed by atoms with Gasteiger partial charge in [-0.3, -0.25) is 14.4 Å². The molecule has 0 radical (unpaired) electrons. The molecule has 2 atom stereocenters. The van der Waals surface area contributed by atoms with Crippen LogP contribution in [0.2, 0.25) is 0 Å². The summed E-state index contributed by atoms with van der Waals surface area (Å²) in [5.74, 6) is 1.69. The average Bonchev–Trinajstić information content (AvgIpc) is 3.25. The fourth-order valence-corrected chi connectivity index (χ4v) is 8.61. The lowest BCUT2D eigenvalue weighted by atomic mass is 9.99. The molecule has 0 aliphatic carbocycles. The zero-order valence-corrected chi connectivity index (χ0v) is 43.4. The van der Waals surface area contributed by atoms with Crippen LogP contribution in [-0.2, 0) is 28.6 Å². The maximum Gasteiger partial charge on any atom is 0.306 e. The molecule has 0 aromatic rings. The summed E-state index contributed by atoms with van der Waals surface area (Å²) in [6.45, 7) is 13.8. The van der Waals surface area contributed by atoms with E-state index in [1.54, 1.807) is 0 Å². The predicted octanol–water partition coefficient (Wildman–Crippen LogP) is 18.3. The van der Waals surface area contributed by atoms with Crippen molar-refractivity contribution in [3.8, 4) is 0 Å². The van der Waals surface area contributed by atoms with Crippen LogP contribution in [0.15, 0.2) is 0 Å². The van der Waals surface area contributed by atoms with Gasteiger partial charge < -0.3 is 14.2 Å². The van der Waals surface area contributed by atoms with E-state index in [0.29, 0.717) is 19.3 Å². The molecule has 6 nitrogen and oxygen atoms in total. The molecule has 0 saturated carbocycles. The lowest BCUT2D eigenvalue weighted by molar-refractivity contribution is -0.167. The van der Waals surface area contributed by atoms with Crippen LogP contribution in [0.3, 0.4) is 0 Å². The highest BCUT2D eigenvalue weighted by Gasteiger charge is 2.19. The van der Waals surface area contributed by atoms with Gasteiger partial charge in [0.05, 0.1) is 0 Å². The fraction of sp³-hybridized carbons (Fsp3) is 0.947. The lowest BCUT2D eigenvalue weighted by Gasteiger charge is -2.18. The number of rotatable bonds is 50. The van der Waals surface area contributed by atoms with Crippen LogP contribution in [0.4, 0.5) is 0 Å². The maximum atomic E-state index is 12.8. The van der Waals surface area contributed by atoms with Crippen molar-refractivity contribution in [2.75, 3.05) is 13.2 Å². The Bertz CT molecular complexity index is 978. The molecule has 0 spiro atoms. The molecule has 0 aromatic carbocycles. The first-order valence-corrected chi connectivity index (χ1v) is 28.1. The average molecular weight is 892 g/mol. The standard InChI is InChI=1S/C57H110O6/c1-7-53(6)45-39-33-27-21-17-18-24-30-36-42-48-57(60)63-54(50-62-56(59)47-41-35-29-23-16-12-14-20-26-32-38-44-52(4)5)49-61-55(58)46-40-34-28-22-15-11-9-8-10-13-19-25-31-37-43-51(2)3/h51-54H,7-50H2,1-6H3/t53?,54-/m1/s1. The van der Waals surface area contributed by atoms with E-state index in [-0.39, 0.29) is 31.1 Å². The van der Waals surface area contributed by atoms with Crippen LogP contribution in [0, 0.1) is 17.8 Å².